The summed E-state index contributed by atoms with van der Waals surface area (Å²) < 4.78 is 0. The first-order chi connectivity index (χ1) is 12.2. The van der Waals surface area contributed by atoms with Crippen molar-refractivity contribution in [3.8, 4) is 0 Å². The largest absolute Gasteiger partial charge is 0.388 e. The van der Waals surface area contributed by atoms with Crippen molar-refractivity contribution in [1.29, 1.82) is 0 Å². The van der Waals surface area contributed by atoms with E-state index in [9.17, 15) is 9.59 Å². The highest BCUT2D eigenvalue weighted by molar-refractivity contribution is 7.18. The Morgan fingerprint density at radius 3 is 3.08 bits per heavy atom. The summed E-state index contributed by atoms with van der Waals surface area (Å²) in [7, 11) is 1.85. The molecule has 0 fully saturated rings. The van der Waals surface area contributed by atoms with Crippen molar-refractivity contribution in [2.24, 2.45) is 0 Å². The molecule has 1 aliphatic rings. The molecule has 25 heavy (non-hydrogen) atoms. The number of anilines is 1. The highest BCUT2D eigenvalue weighted by Crippen LogP contribution is 2.34. The number of aryl methyl sites for hydroxylation is 2. The fourth-order valence-electron chi connectivity index (χ4n) is 3.21. The Morgan fingerprint density at radius 1 is 1.36 bits per heavy atom. The van der Waals surface area contributed by atoms with Crippen LogP contribution >= 0.6 is 11.3 Å². The molecule has 0 saturated carbocycles. The van der Waals surface area contributed by atoms with Gasteiger partial charge in [-0.3, -0.25) is 9.59 Å². The van der Waals surface area contributed by atoms with Crippen molar-refractivity contribution in [2.75, 3.05) is 12.4 Å². The maximum atomic E-state index is 12.4. The van der Waals surface area contributed by atoms with Crippen molar-refractivity contribution in [3.63, 3.8) is 0 Å². The van der Waals surface area contributed by atoms with Crippen molar-refractivity contribution in [1.82, 2.24) is 15.3 Å². The van der Waals surface area contributed by atoms with Gasteiger partial charge in [0.25, 0.3) is 11.5 Å². The molecule has 128 valence electrons. The van der Waals surface area contributed by atoms with Crippen LogP contribution in [0.1, 0.15) is 33.0 Å². The van der Waals surface area contributed by atoms with Gasteiger partial charge in [-0.1, -0.05) is 12.1 Å². The van der Waals surface area contributed by atoms with Crippen LogP contribution in [-0.2, 0) is 19.4 Å². The van der Waals surface area contributed by atoms with E-state index in [-0.39, 0.29) is 17.3 Å². The summed E-state index contributed by atoms with van der Waals surface area (Å²) in [6.07, 6.45) is 3.01. The first kappa shape index (κ1) is 15.8. The van der Waals surface area contributed by atoms with Gasteiger partial charge in [-0.15, -0.1) is 11.3 Å². The molecule has 0 saturated heterocycles. The summed E-state index contributed by atoms with van der Waals surface area (Å²) in [5, 5.41) is 6.54. The zero-order chi connectivity index (χ0) is 17.4. The summed E-state index contributed by atoms with van der Waals surface area (Å²) in [6.45, 7) is 0.372. The number of H-pyrrole nitrogens is 1. The zero-order valence-corrected chi connectivity index (χ0v) is 14.6. The molecule has 4 rings (SSSR count). The van der Waals surface area contributed by atoms with Crippen molar-refractivity contribution in [3.05, 3.63) is 56.4 Å². The minimum atomic E-state index is -0.373. The van der Waals surface area contributed by atoms with E-state index in [1.165, 1.54) is 16.2 Å². The standard InChI is InChI=1S/C18H18N4O2S/c1-19-11-5-2-4-10(8-11)9-20-17(24)15-21-16(23)14-12-6-3-7-13(12)25-18(14)22-15/h2,4-5,8,19H,3,6-7,9H2,1H3,(H,20,24)(H,21,22,23). The third kappa shape index (κ3) is 2.91. The molecule has 1 aromatic carbocycles. The summed E-state index contributed by atoms with van der Waals surface area (Å²) >= 11 is 1.53. The van der Waals surface area contributed by atoms with E-state index in [1.807, 2.05) is 31.3 Å². The van der Waals surface area contributed by atoms with Crippen LogP contribution < -0.4 is 16.2 Å². The second-order valence-corrected chi connectivity index (χ2v) is 7.17. The number of nitrogens with zero attached hydrogens (tertiary/aromatic N) is 1. The van der Waals surface area contributed by atoms with Crippen molar-refractivity contribution in [2.45, 2.75) is 25.8 Å². The van der Waals surface area contributed by atoms with Crippen LogP contribution in [-0.4, -0.2) is 22.9 Å². The molecule has 3 aromatic rings. The van der Waals surface area contributed by atoms with Crippen LogP contribution in [0.4, 0.5) is 5.69 Å². The molecule has 3 N–H and O–H groups in total. The second kappa shape index (κ2) is 6.33. The minimum Gasteiger partial charge on any atom is -0.388 e. The minimum absolute atomic E-state index is 0.0715. The lowest BCUT2D eigenvalue weighted by atomic mass is 10.2. The van der Waals surface area contributed by atoms with Crippen LogP contribution in [0.2, 0.25) is 0 Å². The Morgan fingerprint density at radius 2 is 2.24 bits per heavy atom. The van der Waals surface area contributed by atoms with Gasteiger partial charge in [0.15, 0.2) is 0 Å². The summed E-state index contributed by atoms with van der Waals surface area (Å²) in [5.74, 6) is -0.301. The molecule has 1 aliphatic carbocycles. The van der Waals surface area contributed by atoms with Crippen LogP contribution in [0.25, 0.3) is 10.2 Å². The van der Waals surface area contributed by atoms with E-state index < -0.39 is 0 Å². The molecule has 7 heteroatoms. The van der Waals surface area contributed by atoms with Gasteiger partial charge in [0.05, 0.1) is 5.39 Å². The normalized spacial score (nSPS) is 13.0. The average Bonchev–Trinajstić information content (AvgIpc) is 3.20. The van der Waals surface area contributed by atoms with E-state index in [2.05, 4.69) is 20.6 Å². The van der Waals surface area contributed by atoms with Crippen LogP contribution in [0.5, 0.6) is 0 Å². The number of fused-ring (bicyclic) bond motifs is 3. The molecule has 6 nitrogen and oxygen atoms in total. The highest BCUT2D eigenvalue weighted by atomic mass is 32.1. The van der Waals surface area contributed by atoms with Gasteiger partial charge in [0.2, 0.25) is 5.82 Å². The van der Waals surface area contributed by atoms with Crippen LogP contribution in [0.15, 0.2) is 29.1 Å². The molecule has 0 unspecified atom stereocenters. The predicted molar refractivity (Wildman–Crippen MR) is 99.4 cm³/mol. The van der Waals surface area contributed by atoms with Gasteiger partial charge in [-0.05, 0) is 42.5 Å². The summed E-state index contributed by atoms with van der Waals surface area (Å²) in [4.78, 5) is 33.7. The number of hydrogen-bond donors (Lipinski definition) is 3. The zero-order valence-electron chi connectivity index (χ0n) is 13.8. The number of aromatic amines is 1. The van der Waals surface area contributed by atoms with E-state index in [1.54, 1.807) is 0 Å². The lowest BCUT2D eigenvalue weighted by molar-refractivity contribution is 0.0940. The van der Waals surface area contributed by atoms with E-state index in [0.717, 1.165) is 36.1 Å². The van der Waals surface area contributed by atoms with Crippen molar-refractivity contribution < 1.29 is 4.79 Å². The Balaban J connectivity index is 1.57. The lowest BCUT2D eigenvalue weighted by Crippen LogP contribution is -2.27. The number of benzene rings is 1. The Hall–Kier alpha value is -2.67. The number of carbonyl (C=O) groups is 1. The van der Waals surface area contributed by atoms with E-state index in [4.69, 9.17) is 0 Å². The maximum Gasteiger partial charge on any atom is 0.287 e. The third-order valence-corrected chi connectivity index (χ3v) is 5.64. The second-order valence-electron chi connectivity index (χ2n) is 6.09. The Bertz CT molecular complexity index is 1020. The highest BCUT2D eigenvalue weighted by Gasteiger charge is 2.22. The lowest BCUT2D eigenvalue weighted by Gasteiger charge is -2.07. The predicted octanol–water partition coefficient (Wildman–Crippen LogP) is 2.45. The van der Waals surface area contributed by atoms with Gasteiger partial charge in [0, 0.05) is 24.2 Å². The first-order valence-corrected chi connectivity index (χ1v) is 9.07. The molecule has 0 radical (unpaired) electrons. The van der Waals surface area contributed by atoms with Crippen LogP contribution in [0, 0.1) is 0 Å². The van der Waals surface area contributed by atoms with E-state index >= 15 is 0 Å². The summed E-state index contributed by atoms with van der Waals surface area (Å²) in [6, 6.07) is 7.77. The first-order valence-electron chi connectivity index (χ1n) is 8.25. The number of amides is 1. The van der Waals surface area contributed by atoms with Gasteiger partial charge >= 0.3 is 0 Å². The SMILES string of the molecule is CNc1cccc(CNC(=O)c2nc3sc4c(c3c(=O)[nH]2)CCC4)c1. The molecule has 0 atom stereocenters. The van der Waals surface area contributed by atoms with Gasteiger partial charge in [0.1, 0.15) is 4.83 Å². The fourth-order valence-corrected chi connectivity index (χ4v) is 4.47. The Kier molecular flexibility index (Phi) is 4.01. The Labute approximate surface area is 148 Å². The van der Waals surface area contributed by atoms with E-state index in [0.29, 0.717) is 16.8 Å². The number of thiophene rings is 1. The maximum absolute atomic E-state index is 12.4. The number of hydrogen-bond acceptors (Lipinski definition) is 5. The van der Waals surface area contributed by atoms with Gasteiger partial charge < -0.3 is 15.6 Å². The topological polar surface area (TPSA) is 86.9 Å². The molecule has 2 aromatic heterocycles. The third-order valence-electron chi connectivity index (χ3n) is 4.46. The summed E-state index contributed by atoms with van der Waals surface area (Å²) in [5.41, 5.74) is 2.85. The quantitative estimate of drug-likeness (QED) is 0.672. The fraction of sp³-hybridized carbons (Fsp3) is 0.278. The average molecular weight is 354 g/mol. The molecule has 0 aliphatic heterocycles. The molecule has 1 amide bonds. The molecule has 0 bridgehead atoms. The molecular formula is C18H18N4O2S. The molecular weight excluding hydrogens is 336 g/mol. The smallest absolute Gasteiger partial charge is 0.287 e. The number of rotatable bonds is 4. The van der Waals surface area contributed by atoms with Gasteiger partial charge in [-0.2, -0.15) is 0 Å². The number of nitrogens with one attached hydrogen (secondary N) is 3. The van der Waals surface area contributed by atoms with Crippen LogP contribution in [0.3, 0.4) is 0 Å². The number of aromatic nitrogens is 2. The molecule has 0 spiro atoms. The number of carbonyl (C=O) groups excluding carboxylic acids is 1. The monoisotopic (exact) mass is 354 g/mol. The van der Waals surface area contributed by atoms with Crippen molar-refractivity contribution >= 4 is 33.1 Å². The molecule has 2 heterocycles. The van der Waals surface area contributed by atoms with Gasteiger partial charge in [-0.25, -0.2) is 4.98 Å².